The molecule has 2 heterocycles. The van der Waals surface area contributed by atoms with E-state index in [1.165, 1.54) is 6.08 Å². The molecule has 0 aromatic rings. The van der Waals surface area contributed by atoms with Crippen LogP contribution >= 0.6 is 0 Å². The highest BCUT2D eigenvalue weighted by atomic mass is 19.4. The molecule has 2 aliphatic rings. The van der Waals surface area contributed by atoms with Crippen molar-refractivity contribution in [2.45, 2.75) is 31.5 Å². The molecule has 0 aromatic heterocycles. The Bertz CT molecular complexity index is 389. The molecule has 0 radical (unpaired) electrons. The number of rotatable bonds is 1. The molecule has 94 valence electrons. The summed E-state index contributed by atoms with van der Waals surface area (Å²) in [5.41, 5.74) is 0.0742. The third-order valence-electron chi connectivity index (χ3n) is 2.92. The molecular weight excluding hydrogens is 239 g/mol. The van der Waals surface area contributed by atoms with Crippen LogP contribution in [0.25, 0.3) is 0 Å². The van der Waals surface area contributed by atoms with E-state index in [0.717, 1.165) is 12.8 Å². The van der Waals surface area contributed by atoms with Crippen LogP contribution < -0.4 is 0 Å². The number of carbonyl (C=O) groups is 2. The van der Waals surface area contributed by atoms with Gasteiger partial charge >= 0.3 is 18.1 Å². The first kappa shape index (κ1) is 11.9. The zero-order valence-electron chi connectivity index (χ0n) is 8.79. The molecule has 2 rings (SSSR count). The quantitative estimate of drug-likeness (QED) is 0.520. The lowest BCUT2D eigenvalue weighted by molar-refractivity contribution is -0.201. The van der Waals surface area contributed by atoms with Crippen molar-refractivity contribution >= 4 is 11.9 Å². The Balaban J connectivity index is 2.01. The van der Waals surface area contributed by atoms with Crippen molar-refractivity contribution in [3.05, 3.63) is 11.8 Å². The number of allylic oxidation sites excluding steroid dienone is 1. The van der Waals surface area contributed by atoms with Gasteiger partial charge in [-0.15, -0.1) is 0 Å². The van der Waals surface area contributed by atoms with Crippen molar-refractivity contribution in [2.75, 3.05) is 6.54 Å². The predicted octanol–water partition coefficient (Wildman–Crippen LogP) is 1.37. The van der Waals surface area contributed by atoms with Crippen LogP contribution in [-0.2, 0) is 14.3 Å². The predicted molar refractivity (Wildman–Crippen MR) is 49.6 cm³/mol. The monoisotopic (exact) mass is 249 g/mol. The summed E-state index contributed by atoms with van der Waals surface area (Å²) in [6.45, 7) is 0.617. The summed E-state index contributed by atoms with van der Waals surface area (Å²) >= 11 is 0. The molecule has 4 nitrogen and oxygen atoms in total. The first-order valence-electron chi connectivity index (χ1n) is 5.19. The molecule has 0 aliphatic carbocycles. The van der Waals surface area contributed by atoms with E-state index < -0.39 is 18.1 Å². The van der Waals surface area contributed by atoms with Gasteiger partial charge in [0.05, 0.1) is 0 Å². The van der Waals surface area contributed by atoms with Gasteiger partial charge in [0, 0.05) is 12.6 Å². The van der Waals surface area contributed by atoms with Crippen molar-refractivity contribution in [3.8, 4) is 0 Å². The van der Waals surface area contributed by atoms with Gasteiger partial charge in [0.25, 0.3) is 0 Å². The highest BCUT2D eigenvalue weighted by Crippen LogP contribution is 2.32. The van der Waals surface area contributed by atoms with Crippen LogP contribution in [0, 0.1) is 0 Å². The van der Waals surface area contributed by atoms with Gasteiger partial charge in [-0.25, -0.2) is 9.59 Å². The molecule has 0 amide bonds. The lowest BCUT2D eigenvalue weighted by Gasteiger charge is -2.45. The first-order valence-corrected chi connectivity index (χ1v) is 5.19. The highest BCUT2D eigenvalue weighted by Gasteiger charge is 2.44. The second kappa shape index (κ2) is 4.05. The van der Waals surface area contributed by atoms with Crippen LogP contribution in [-0.4, -0.2) is 35.6 Å². The minimum Gasteiger partial charge on any atom is -0.382 e. The van der Waals surface area contributed by atoms with Gasteiger partial charge in [-0.3, -0.25) is 0 Å². The van der Waals surface area contributed by atoms with Crippen molar-refractivity contribution in [3.63, 3.8) is 0 Å². The molecule has 1 saturated heterocycles. The molecule has 0 bridgehead atoms. The summed E-state index contributed by atoms with van der Waals surface area (Å²) < 4.78 is 39.5. The van der Waals surface area contributed by atoms with Crippen LogP contribution in [0.4, 0.5) is 13.2 Å². The zero-order valence-corrected chi connectivity index (χ0v) is 8.79. The number of nitrogens with zero attached hydrogens (tertiary/aromatic N) is 1. The van der Waals surface area contributed by atoms with Gasteiger partial charge < -0.3 is 9.64 Å². The van der Waals surface area contributed by atoms with Crippen LogP contribution in [0.2, 0.25) is 0 Å². The lowest BCUT2D eigenvalue weighted by Crippen LogP contribution is -2.50. The van der Waals surface area contributed by atoms with Crippen LogP contribution in [0.1, 0.15) is 19.3 Å². The molecule has 0 saturated carbocycles. The Kier molecular flexibility index (Phi) is 2.84. The molecule has 7 heteroatoms. The summed E-state index contributed by atoms with van der Waals surface area (Å²) in [7, 11) is 0. The summed E-state index contributed by atoms with van der Waals surface area (Å²) in [6, 6.07) is 0.198. The molecule has 0 spiro atoms. The number of fused-ring (bicyclic) bond motifs is 1. The average Bonchev–Trinajstić information content (AvgIpc) is 2.17. The summed E-state index contributed by atoms with van der Waals surface area (Å²) in [5.74, 6) is -3.68. The number of carbonyl (C=O) groups excluding carboxylic acids is 2. The van der Waals surface area contributed by atoms with Crippen molar-refractivity contribution in [1.29, 1.82) is 0 Å². The van der Waals surface area contributed by atoms with E-state index in [2.05, 4.69) is 4.74 Å². The Morgan fingerprint density at radius 3 is 2.59 bits per heavy atom. The topological polar surface area (TPSA) is 46.6 Å². The standard InChI is InChI=1S/C10H10F3NO3/c11-10(12,13)9(16)17-8(15)7-3-1-2-6-4-5-14(6)7/h3,6H,1-2,4-5H2. The molecule has 2 aliphatic heterocycles. The van der Waals surface area contributed by atoms with E-state index in [1.807, 2.05) is 0 Å². The fourth-order valence-corrected chi connectivity index (χ4v) is 1.98. The van der Waals surface area contributed by atoms with E-state index in [1.54, 1.807) is 4.90 Å². The van der Waals surface area contributed by atoms with Crippen molar-refractivity contribution in [1.82, 2.24) is 4.90 Å². The summed E-state index contributed by atoms with van der Waals surface area (Å²) in [5, 5.41) is 0. The maximum absolute atomic E-state index is 11.9. The maximum atomic E-state index is 11.9. The van der Waals surface area contributed by atoms with Crippen LogP contribution in [0.5, 0.6) is 0 Å². The van der Waals surface area contributed by atoms with Gasteiger partial charge in [-0.05, 0) is 19.3 Å². The minimum absolute atomic E-state index is 0.0742. The van der Waals surface area contributed by atoms with Gasteiger partial charge in [-0.2, -0.15) is 13.2 Å². The van der Waals surface area contributed by atoms with Gasteiger partial charge in [-0.1, -0.05) is 6.08 Å². The normalized spacial score (nSPS) is 23.4. The van der Waals surface area contributed by atoms with Crippen LogP contribution in [0.3, 0.4) is 0 Å². The third kappa shape index (κ3) is 2.27. The summed E-state index contributed by atoms with van der Waals surface area (Å²) in [4.78, 5) is 23.6. The molecule has 17 heavy (non-hydrogen) atoms. The van der Waals surface area contributed by atoms with Gasteiger partial charge in [0.1, 0.15) is 5.70 Å². The minimum atomic E-state index is -5.14. The zero-order chi connectivity index (χ0) is 12.6. The number of alkyl halides is 3. The Morgan fingerprint density at radius 2 is 2.06 bits per heavy atom. The second-order valence-corrected chi connectivity index (χ2v) is 3.98. The molecule has 1 unspecified atom stereocenters. The highest BCUT2D eigenvalue weighted by molar-refractivity contribution is 5.97. The Morgan fingerprint density at radius 1 is 1.35 bits per heavy atom. The van der Waals surface area contributed by atoms with Gasteiger partial charge in [0.2, 0.25) is 0 Å². The Hall–Kier alpha value is -1.53. The number of ether oxygens (including phenoxy) is 1. The lowest BCUT2D eigenvalue weighted by atomic mass is 9.92. The third-order valence-corrected chi connectivity index (χ3v) is 2.92. The largest absolute Gasteiger partial charge is 0.491 e. The van der Waals surface area contributed by atoms with Gasteiger partial charge in [0.15, 0.2) is 0 Å². The fraction of sp³-hybridized carbons (Fsp3) is 0.600. The molecule has 0 aromatic carbocycles. The first-order chi connectivity index (χ1) is 7.89. The Labute approximate surface area is 95.0 Å². The SMILES string of the molecule is O=C(OC(=O)C(F)(F)F)C1=CCCC2CCN12. The maximum Gasteiger partial charge on any atom is 0.491 e. The summed E-state index contributed by atoms with van der Waals surface area (Å²) in [6.07, 6.45) is -1.21. The number of hydrogen-bond donors (Lipinski definition) is 0. The van der Waals surface area contributed by atoms with E-state index >= 15 is 0 Å². The number of hydrogen-bond acceptors (Lipinski definition) is 4. The van der Waals surface area contributed by atoms with Crippen LogP contribution in [0.15, 0.2) is 11.8 Å². The van der Waals surface area contributed by atoms with E-state index in [4.69, 9.17) is 0 Å². The number of halogens is 3. The number of esters is 2. The van der Waals surface area contributed by atoms with Crippen molar-refractivity contribution in [2.24, 2.45) is 0 Å². The molecule has 0 N–H and O–H groups in total. The fourth-order valence-electron chi connectivity index (χ4n) is 1.98. The molecular formula is C10H10F3NO3. The second-order valence-electron chi connectivity index (χ2n) is 3.98. The van der Waals surface area contributed by atoms with Crippen molar-refractivity contribution < 1.29 is 27.5 Å². The van der Waals surface area contributed by atoms with E-state index in [-0.39, 0.29) is 11.7 Å². The average molecular weight is 249 g/mol. The van der Waals surface area contributed by atoms with E-state index in [9.17, 15) is 22.8 Å². The molecule has 1 fully saturated rings. The van der Waals surface area contributed by atoms with E-state index in [0.29, 0.717) is 13.0 Å². The smallest absolute Gasteiger partial charge is 0.382 e. The molecule has 1 atom stereocenters.